The van der Waals surface area contributed by atoms with Crippen LogP contribution in [0.25, 0.3) is 0 Å². The normalized spacial score (nSPS) is 14.8. The second-order valence-corrected chi connectivity index (χ2v) is 9.92. The Labute approximate surface area is 97.3 Å². The average Bonchev–Trinajstić information content (AvgIpc) is 2.26. The summed E-state index contributed by atoms with van der Waals surface area (Å²) >= 11 is 0. The average molecular weight is 238 g/mol. The second-order valence-electron chi connectivity index (χ2n) is 4.92. The van der Waals surface area contributed by atoms with Crippen LogP contribution in [0.4, 0.5) is 0 Å². The first-order valence-corrected chi connectivity index (χ1v) is 9.01. The van der Waals surface area contributed by atoms with Crippen LogP contribution >= 0.6 is 0 Å². The first-order valence-electron chi connectivity index (χ1n) is 5.51. The van der Waals surface area contributed by atoms with Crippen LogP contribution in [0.1, 0.15) is 0 Å². The molecule has 0 spiro atoms. The van der Waals surface area contributed by atoms with Gasteiger partial charge in [0.1, 0.15) is 19.0 Å². The van der Waals surface area contributed by atoms with Gasteiger partial charge in [-0.1, -0.05) is 19.6 Å². The fourth-order valence-corrected chi connectivity index (χ4v) is 3.78. The molecule has 0 N–H and O–H groups in total. The van der Waals surface area contributed by atoms with Crippen LogP contribution in [0.2, 0.25) is 19.6 Å². The molecule has 88 valence electrons. The van der Waals surface area contributed by atoms with Gasteiger partial charge >= 0.3 is 0 Å². The molecule has 0 aromatic heterocycles. The van der Waals surface area contributed by atoms with Crippen LogP contribution in [-0.4, -0.2) is 28.4 Å². The minimum absolute atomic E-state index is 0.623. The van der Waals surface area contributed by atoms with Gasteiger partial charge in [0.2, 0.25) is 0 Å². The zero-order chi connectivity index (χ0) is 11.8. The molecule has 0 saturated carbocycles. The van der Waals surface area contributed by atoms with E-state index < -0.39 is 8.07 Å². The van der Waals surface area contributed by atoms with Crippen molar-refractivity contribution in [3.05, 3.63) is 12.1 Å². The molecule has 0 saturated heterocycles. The summed E-state index contributed by atoms with van der Waals surface area (Å²) in [5.74, 6) is 2.66. The van der Waals surface area contributed by atoms with Crippen LogP contribution in [-0.2, 0) is 0 Å². The van der Waals surface area contributed by atoms with Gasteiger partial charge in [0.25, 0.3) is 0 Å². The van der Waals surface area contributed by atoms with Gasteiger partial charge in [0.15, 0.2) is 11.5 Å². The van der Waals surface area contributed by atoms with Crippen molar-refractivity contribution in [3.63, 3.8) is 0 Å². The van der Waals surface area contributed by atoms with Crippen LogP contribution in [0, 0.1) is 0 Å². The van der Waals surface area contributed by atoms with E-state index in [2.05, 4.69) is 19.6 Å². The fourth-order valence-electron chi connectivity index (χ4n) is 1.98. The Kier molecular flexibility index (Phi) is 2.84. The van der Waals surface area contributed by atoms with Crippen molar-refractivity contribution in [1.29, 1.82) is 0 Å². The Bertz CT molecular complexity index is 396. The maximum Gasteiger partial charge on any atom is 0.164 e. The number of benzene rings is 1. The summed E-state index contributed by atoms with van der Waals surface area (Å²) in [6, 6.07) is 3.90. The Morgan fingerprint density at radius 2 is 1.81 bits per heavy atom. The van der Waals surface area contributed by atoms with Gasteiger partial charge in [-0.05, 0) is 12.1 Å². The van der Waals surface area contributed by atoms with Crippen LogP contribution in [0.15, 0.2) is 12.1 Å². The van der Waals surface area contributed by atoms with Crippen molar-refractivity contribution in [1.82, 2.24) is 0 Å². The van der Waals surface area contributed by atoms with E-state index in [0.717, 1.165) is 17.2 Å². The summed E-state index contributed by atoms with van der Waals surface area (Å²) in [4.78, 5) is 0. The van der Waals surface area contributed by atoms with Crippen molar-refractivity contribution >= 4 is 13.3 Å². The zero-order valence-electron chi connectivity index (χ0n) is 10.3. The van der Waals surface area contributed by atoms with Crippen LogP contribution < -0.4 is 19.4 Å². The predicted molar refractivity (Wildman–Crippen MR) is 67.0 cm³/mol. The highest BCUT2D eigenvalue weighted by molar-refractivity contribution is 6.90. The molecule has 0 atom stereocenters. The third kappa shape index (κ3) is 1.89. The number of rotatable bonds is 2. The van der Waals surface area contributed by atoms with E-state index in [9.17, 15) is 0 Å². The largest absolute Gasteiger partial charge is 0.497 e. The van der Waals surface area contributed by atoms with E-state index in [1.165, 1.54) is 5.19 Å². The maximum absolute atomic E-state index is 5.75. The number of hydrogen-bond acceptors (Lipinski definition) is 3. The smallest absolute Gasteiger partial charge is 0.164 e. The molecule has 1 aromatic rings. The summed E-state index contributed by atoms with van der Waals surface area (Å²) in [5, 5.41) is 1.22. The van der Waals surface area contributed by atoms with Gasteiger partial charge in [0.05, 0.1) is 15.2 Å². The molecule has 1 aliphatic heterocycles. The highest BCUT2D eigenvalue weighted by atomic mass is 28.3. The molecule has 0 fully saturated rings. The highest BCUT2D eigenvalue weighted by Gasteiger charge is 2.29. The monoisotopic (exact) mass is 238 g/mol. The minimum atomic E-state index is -1.51. The maximum atomic E-state index is 5.75. The standard InChI is InChI=1S/C12H18O3Si/c1-13-10-6-5-9-11(15-8-7-14-9)12(10)16(2,3)4/h5-6H,7-8H2,1-4H3. The predicted octanol–water partition coefficient (Wildman–Crippen LogP) is 2.01. The van der Waals surface area contributed by atoms with Gasteiger partial charge in [0, 0.05) is 5.19 Å². The third-order valence-electron chi connectivity index (χ3n) is 2.64. The lowest BCUT2D eigenvalue weighted by Gasteiger charge is -2.28. The number of ether oxygens (including phenoxy) is 3. The molecule has 1 heterocycles. The summed E-state index contributed by atoms with van der Waals surface area (Å²) in [5.41, 5.74) is 0. The van der Waals surface area contributed by atoms with E-state index in [4.69, 9.17) is 14.2 Å². The van der Waals surface area contributed by atoms with Crippen LogP contribution in [0.5, 0.6) is 17.2 Å². The molecule has 0 aliphatic carbocycles. The molecule has 0 unspecified atom stereocenters. The molecule has 1 aromatic carbocycles. The molecule has 0 amide bonds. The molecule has 1 aliphatic rings. The van der Waals surface area contributed by atoms with Gasteiger partial charge < -0.3 is 14.2 Å². The summed E-state index contributed by atoms with van der Waals surface area (Å²) in [7, 11) is 0.195. The van der Waals surface area contributed by atoms with E-state index in [1.54, 1.807) is 7.11 Å². The van der Waals surface area contributed by atoms with Gasteiger partial charge in [-0.3, -0.25) is 0 Å². The van der Waals surface area contributed by atoms with Crippen molar-refractivity contribution in [2.24, 2.45) is 0 Å². The van der Waals surface area contributed by atoms with Crippen molar-refractivity contribution in [3.8, 4) is 17.2 Å². The van der Waals surface area contributed by atoms with E-state index in [0.29, 0.717) is 13.2 Å². The summed E-state index contributed by atoms with van der Waals surface area (Å²) in [6.45, 7) is 8.09. The molecular formula is C12H18O3Si. The molecule has 0 bridgehead atoms. The lowest BCUT2D eigenvalue weighted by Crippen LogP contribution is -2.41. The summed E-state index contributed by atoms with van der Waals surface area (Å²) in [6.07, 6.45) is 0. The molecular weight excluding hydrogens is 220 g/mol. The molecule has 3 nitrogen and oxygen atoms in total. The van der Waals surface area contributed by atoms with E-state index in [-0.39, 0.29) is 0 Å². The Balaban J connectivity index is 2.61. The molecule has 4 heteroatoms. The lowest BCUT2D eigenvalue weighted by atomic mass is 10.3. The van der Waals surface area contributed by atoms with Gasteiger partial charge in [-0.2, -0.15) is 0 Å². The first kappa shape index (κ1) is 11.3. The van der Waals surface area contributed by atoms with Gasteiger partial charge in [-0.15, -0.1) is 0 Å². The Hall–Kier alpha value is -1.16. The van der Waals surface area contributed by atoms with E-state index >= 15 is 0 Å². The number of fused-ring (bicyclic) bond motifs is 1. The first-order chi connectivity index (χ1) is 7.54. The molecule has 0 radical (unpaired) electrons. The van der Waals surface area contributed by atoms with Gasteiger partial charge in [-0.25, -0.2) is 0 Å². The minimum Gasteiger partial charge on any atom is -0.497 e. The zero-order valence-corrected chi connectivity index (χ0v) is 11.3. The van der Waals surface area contributed by atoms with Crippen molar-refractivity contribution in [2.75, 3.05) is 20.3 Å². The number of hydrogen-bond donors (Lipinski definition) is 0. The lowest BCUT2D eigenvalue weighted by molar-refractivity contribution is 0.172. The Morgan fingerprint density at radius 1 is 1.12 bits per heavy atom. The quantitative estimate of drug-likeness (QED) is 0.738. The highest BCUT2D eigenvalue weighted by Crippen LogP contribution is 2.34. The Morgan fingerprint density at radius 3 is 2.44 bits per heavy atom. The topological polar surface area (TPSA) is 27.7 Å². The fraction of sp³-hybridized carbons (Fsp3) is 0.500. The molecule has 2 rings (SSSR count). The SMILES string of the molecule is COc1ccc2c(c1[Si](C)(C)C)OCCO2. The molecule has 16 heavy (non-hydrogen) atoms. The van der Waals surface area contributed by atoms with Crippen molar-refractivity contribution in [2.45, 2.75) is 19.6 Å². The summed E-state index contributed by atoms with van der Waals surface area (Å²) < 4.78 is 16.8. The second kappa shape index (κ2) is 4.01. The third-order valence-corrected chi connectivity index (χ3v) is 4.61. The van der Waals surface area contributed by atoms with Crippen molar-refractivity contribution < 1.29 is 14.2 Å². The van der Waals surface area contributed by atoms with E-state index in [1.807, 2.05) is 12.1 Å². The number of methoxy groups -OCH3 is 1. The van der Waals surface area contributed by atoms with Crippen LogP contribution in [0.3, 0.4) is 0 Å².